The fourth-order valence-corrected chi connectivity index (χ4v) is 3.01. The molecule has 1 heterocycles. The van der Waals surface area contributed by atoms with E-state index >= 15 is 0 Å². The van der Waals surface area contributed by atoms with E-state index in [1.165, 1.54) is 41.1 Å². The second-order valence-corrected chi connectivity index (χ2v) is 7.28. The van der Waals surface area contributed by atoms with E-state index in [4.69, 9.17) is 16.3 Å². The molecule has 0 atom stereocenters. The summed E-state index contributed by atoms with van der Waals surface area (Å²) in [4.78, 5) is 24.7. The van der Waals surface area contributed by atoms with Crippen LogP contribution in [0.5, 0.6) is 5.88 Å². The minimum atomic E-state index is -0.385. The van der Waals surface area contributed by atoms with Gasteiger partial charge < -0.3 is 10.1 Å². The molecule has 1 N–H and O–H groups in total. The number of ether oxygens (including phenoxy) is 1. The van der Waals surface area contributed by atoms with Gasteiger partial charge in [0.25, 0.3) is 11.5 Å². The maximum absolute atomic E-state index is 13.0. The van der Waals surface area contributed by atoms with Crippen molar-refractivity contribution in [1.82, 2.24) is 9.78 Å². The molecule has 0 radical (unpaired) electrons. The molecular weight excluding hydrogens is 433 g/mol. The van der Waals surface area contributed by atoms with E-state index in [0.717, 1.165) is 5.56 Å². The van der Waals surface area contributed by atoms with Gasteiger partial charge in [0.2, 0.25) is 5.88 Å². The summed E-state index contributed by atoms with van der Waals surface area (Å²) in [6, 6.07) is 21.9. The molecular formula is C24H17ClFN3O3. The minimum absolute atomic E-state index is 0.269. The lowest BCUT2D eigenvalue weighted by Gasteiger charge is -2.10. The Kier molecular flexibility index (Phi) is 6.28. The number of nitrogens with zero attached hydrogens (tertiary/aromatic N) is 2. The van der Waals surface area contributed by atoms with Gasteiger partial charge in [-0.25, -0.2) is 4.39 Å². The summed E-state index contributed by atoms with van der Waals surface area (Å²) in [5.74, 6) is -0.467. The average molecular weight is 450 g/mol. The summed E-state index contributed by atoms with van der Waals surface area (Å²) in [5, 5.41) is 7.56. The molecule has 4 rings (SSSR count). The molecule has 0 bridgehead atoms. The Hall–Kier alpha value is -3.97. The monoisotopic (exact) mass is 449 g/mol. The predicted molar refractivity (Wildman–Crippen MR) is 120 cm³/mol. The molecule has 0 fully saturated rings. The quantitative estimate of drug-likeness (QED) is 0.456. The summed E-state index contributed by atoms with van der Waals surface area (Å²) in [6.07, 6.45) is 0. The van der Waals surface area contributed by atoms with Crippen LogP contribution in [0.25, 0.3) is 5.69 Å². The minimum Gasteiger partial charge on any atom is -0.472 e. The van der Waals surface area contributed by atoms with Crippen molar-refractivity contribution < 1.29 is 13.9 Å². The van der Waals surface area contributed by atoms with Crippen LogP contribution >= 0.6 is 11.6 Å². The first kappa shape index (κ1) is 21.3. The molecule has 0 saturated carbocycles. The average Bonchev–Trinajstić information content (AvgIpc) is 2.81. The molecule has 1 aromatic heterocycles. The van der Waals surface area contributed by atoms with Crippen molar-refractivity contribution in [2.75, 3.05) is 5.32 Å². The SMILES string of the molecule is O=C(Nc1ccc(F)cc1)c1ccc(-n2nc(OCc3ccc(Cl)cc3)ccc2=O)cc1. The molecule has 4 aromatic rings. The fraction of sp³-hybridized carbons (Fsp3) is 0.0417. The first-order valence-electron chi connectivity index (χ1n) is 9.63. The van der Waals surface area contributed by atoms with E-state index in [1.807, 2.05) is 12.1 Å². The molecule has 0 aliphatic carbocycles. The first-order valence-corrected chi connectivity index (χ1v) is 10.0. The van der Waals surface area contributed by atoms with E-state index in [0.29, 0.717) is 22.0 Å². The van der Waals surface area contributed by atoms with Crippen molar-refractivity contribution in [3.05, 3.63) is 117 Å². The van der Waals surface area contributed by atoms with Crippen LogP contribution in [0.15, 0.2) is 89.7 Å². The number of carbonyl (C=O) groups excluding carboxylic acids is 1. The molecule has 8 heteroatoms. The van der Waals surface area contributed by atoms with E-state index in [-0.39, 0.29) is 29.8 Å². The van der Waals surface area contributed by atoms with Crippen LogP contribution in [0, 0.1) is 5.82 Å². The molecule has 0 spiro atoms. The van der Waals surface area contributed by atoms with Crippen molar-refractivity contribution in [2.45, 2.75) is 6.61 Å². The molecule has 160 valence electrons. The summed E-state index contributed by atoms with van der Waals surface area (Å²) in [6.45, 7) is 0.269. The second kappa shape index (κ2) is 9.45. The zero-order chi connectivity index (χ0) is 22.5. The van der Waals surface area contributed by atoms with Gasteiger partial charge in [-0.3, -0.25) is 9.59 Å². The van der Waals surface area contributed by atoms with E-state index < -0.39 is 0 Å². The number of hydrogen-bond donors (Lipinski definition) is 1. The number of hydrogen-bond acceptors (Lipinski definition) is 4. The van der Waals surface area contributed by atoms with Crippen molar-refractivity contribution in [1.29, 1.82) is 0 Å². The summed E-state index contributed by atoms with van der Waals surface area (Å²) < 4.78 is 19.9. The zero-order valence-electron chi connectivity index (χ0n) is 16.7. The Bertz CT molecular complexity index is 1290. The lowest BCUT2D eigenvalue weighted by atomic mass is 10.2. The lowest BCUT2D eigenvalue weighted by Crippen LogP contribution is -2.20. The topological polar surface area (TPSA) is 73.2 Å². The number of amides is 1. The smallest absolute Gasteiger partial charge is 0.271 e. The van der Waals surface area contributed by atoms with Gasteiger partial charge in [-0.05, 0) is 66.2 Å². The number of nitrogens with one attached hydrogen (secondary N) is 1. The Morgan fingerprint density at radius 2 is 1.62 bits per heavy atom. The Morgan fingerprint density at radius 1 is 0.938 bits per heavy atom. The highest BCUT2D eigenvalue weighted by Gasteiger charge is 2.09. The van der Waals surface area contributed by atoms with Crippen LogP contribution in [0.4, 0.5) is 10.1 Å². The van der Waals surface area contributed by atoms with Crippen molar-refractivity contribution in [3.8, 4) is 11.6 Å². The van der Waals surface area contributed by atoms with Crippen LogP contribution in [-0.2, 0) is 6.61 Å². The van der Waals surface area contributed by atoms with Crippen molar-refractivity contribution in [2.24, 2.45) is 0 Å². The summed E-state index contributed by atoms with van der Waals surface area (Å²) in [5.41, 5.74) is 1.90. The normalized spacial score (nSPS) is 10.6. The molecule has 0 aliphatic rings. The maximum Gasteiger partial charge on any atom is 0.271 e. The van der Waals surface area contributed by atoms with Gasteiger partial charge in [0.1, 0.15) is 12.4 Å². The van der Waals surface area contributed by atoms with Crippen LogP contribution in [0.3, 0.4) is 0 Å². The summed E-state index contributed by atoms with van der Waals surface area (Å²) in [7, 11) is 0. The third-order valence-electron chi connectivity index (χ3n) is 4.55. The number of benzene rings is 3. The molecule has 32 heavy (non-hydrogen) atoms. The maximum atomic E-state index is 13.0. The third kappa shape index (κ3) is 5.19. The van der Waals surface area contributed by atoms with Gasteiger partial charge in [0, 0.05) is 28.4 Å². The first-order chi connectivity index (χ1) is 15.5. The number of anilines is 1. The van der Waals surface area contributed by atoms with Gasteiger partial charge in [0.05, 0.1) is 5.69 Å². The number of halogens is 2. The molecule has 1 amide bonds. The number of aromatic nitrogens is 2. The molecule has 0 saturated heterocycles. The standard InChI is InChI=1S/C24H17ClFN3O3/c25-18-5-1-16(2-6-18)15-32-22-13-14-23(30)29(28-22)21-11-3-17(4-12-21)24(31)27-20-9-7-19(26)8-10-20/h1-14H,15H2,(H,27,31). The van der Waals surface area contributed by atoms with Gasteiger partial charge in [-0.2, -0.15) is 4.68 Å². The molecule has 0 aliphatic heterocycles. The van der Waals surface area contributed by atoms with Gasteiger partial charge >= 0.3 is 0 Å². The lowest BCUT2D eigenvalue weighted by molar-refractivity contribution is 0.102. The second-order valence-electron chi connectivity index (χ2n) is 6.84. The van der Waals surface area contributed by atoms with Crippen LogP contribution in [0.2, 0.25) is 5.02 Å². The largest absolute Gasteiger partial charge is 0.472 e. The van der Waals surface area contributed by atoms with Crippen LogP contribution in [-0.4, -0.2) is 15.7 Å². The van der Waals surface area contributed by atoms with Gasteiger partial charge in [0.15, 0.2) is 0 Å². The summed E-state index contributed by atoms with van der Waals surface area (Å²) >= 11 is 5.88. The predicted octanol–water partition coefficient (Wildman–Crippen LogP) is 4.86. The highest BCUT2D eigenvalue weighted by Crippen LogP contribution is 2.15. The van der Waals surface area contributed by atoms with Gasteiger partial charge in [-0.1, -0.05) is 23.7 Å². The Morgan fingerprint density at radius 3 is 2.31 bits per heavy atom. The van der Waals surface area contributed by atoms with E-state index in [9.17, 15) is 14.0 Å². The van der Waals surface area contributed by atoms with Gasteiger partial charge in [-0.15, -0.1) is 5.10 Å². The zero-order valence-corrected chi connectivity index (χ0v) is 17.4. The van der Waals surface area contributed by atoms with E-state index in [1.54, 1.807) is 36.4 Å². The highest BCUT2D eigenvalue weighted by atomic mass is 35.5. The highest BCUT2D eigenvalue weighted by molar-refractivity contribution is 6.30. The fourth-order valence-electron chi connectivity index (χ4n) is 2.88. The van der Waals surface area contributed by atoms with E-state index in [2.05, 4.69) is 10.4 Å². The number of rotatable bonds is 6. The third-order valence-corrected chi connectivity index (χ3v) is 4.80. The van der Waals surface area contributed by atoms with Crippen LogP contribution in [0.1, 0.15) is 15.9 Å². The molecule has 0 unspecified atom stereocenters. The van der Waals surface area contributed by atoms with Crippen molar-refractivity contribution in [3.63, 3.8) is 0 Å². The molecule has 3 aromatic carbocycles. The Labute approximate surface area is 187 Å². The molecule has 6 nitrogen and oxygen atoms in total. The van der Waals surface area contributed by atoms with Crippen LogP contribution < -0.4 is 15.6 Å². The van der Waals surface area contributed by atoms with Crippen molar-refractivity contribution >= 4 is 23.2 Å². The number of carbonyl (C=O) groups is 1. The Balaban J connectivity index is 1.47.